The van der Waals surface area contributed by atoms with Crippen LogP contribution >= 0.6 is 12.2 Å². The molecular formula is C20H29N5O2S. The molecule has 2 aliphatic rings. The molecule has 2 heterocycles. The van der Waals surface area contributed by atoms with Gasteiger partial charge in [0.2, 0.25) is 0 Å². The van der Waals surface area contributed by atoms with Gasteiger partial charge in [0, 0.05) is 45.7 Å². The van der Waals surface area contributed by atoms with Gasteiger partial charge in [-0.25, -0.2) is 4.68 Å². The number of piperazine rings is 1. The minimum absolute atomic E-state index is 0.621. The van der Waals surface area contributed by atoms with Crippen molar-refractivity contribution >= 4 is 12.2 Å². The molecule has 0 spiro atoms. The van der Waals surface area contributed by atoms with E-state index in [2.05, 4.69) is 14.4 Å². The van der Waals surface area contributed by atoms with Gasteiger partial charge in [0.1, 0.15) is 23.9 Å². The highest BCUT2D eigenvalue weighted by molar-refractivity contribution is 7.71. The van der Waals surface area contributed by atoms with E-state index in [0.29, 0.717) is 12.5 Å². The maximum atomic E-state index is 5.85. The molecule has 2 fully saturated rings. The van der Waals surface area contributed by atoms with Crippen molar-refractivity contribution in [2.75, 3.05) is 46.4 Å². The molecular weight excluding hydrogens is 374 g/mol. The van der Waals surface area contributed by atoms with Crippen molar-refractivity contribution in [3.05, 3.63) is 34.9 Å². The first kappa shape index (κ1) is 19.4. The molecule has 28 heavy (non-hydrogen) atoms. The molecule has 0 bridgehead atoms. The summed E-state index contributed by atoms with van der Waals surface area (Å²) in [5.74, 6) is 3.51. The number of hydrogen-bond acceptors (Lipinski definition) is 6. The van der Waals surface area contributed by atoms with Crippen molar-refractivity contribution in [3.63, 3.8) is 0 Å². The zero-order valence-electron chi connectivity index (χ0n) is 16.7. The lowest BCUT2D eigenvalue weighted by atomic mass is 10.3. The zero-order chi connectivity index (χ0) is 19.5. The molecule has 0 atom stereocenters. The topological polar surface area (TPSA) is 47.7 Å². The van der Waals surface area contributed by atoms with Crippen LogP contribution in [-0.4, -0.2) is 70.6 Å². The summed E-state index contributed by atoms with van der Waals surface area (Å²) < 4.78 is 15.9. The van der Waals surface area contributed by atoms with Crippen molar-refractivity contribution in [1.29, 1.82) is 0 Å². The van der Waals surface area contributed by atoms with Crippen LogP contribution in [0.4, 0.5) is 0 Å². The zero-order valence-corrected chi connectivity index (χ0v) is 17.5. The van der Waals surface area contributed by atoms with E-state index < -0.39 is 0 Å². The Labute approximate surface area is 171 Å². The van der Waals surface area contributed by atoms with Gasteiger partial charge >= 0.3 is 0 Å². The van der Waals surface area contributed by atoms with Crippen LogP contribution in [0.25, 0.3) is 0 Å². The molecule has 1 aromatic heterocycles. The van der Waals surface area contributed by atoms with Gasteiger partial charge in [0.25, 0.3) is 0 Å². The van der Waals surface area contributed by atoms with E-state index in [0.717, 1.165) is 61.5 Å². The fourth-order valence-corrected chi connectivity index (χ4v) is 3.79. The third kappa shape index (κ3) is 4.56. The van der Waals surface area contributed by atoms with Crippen molar-refractivity contribution in [1.82, 2.24) is 24.1 Å². The Balaban J connectivity index is 1.20. The van der Waals surface area contributed by atoms with E-state index in [9.17, 15) is 0 Å². The van der Waals surface area contributed by atoms with E-state index >= 15 is 0 Å². The largest absolute Gasteiger partial charge is 0.497 e. The summed E-state index contributed by atoms with van der Waals surface area (Å²) in [4.78, 5) is 4.88. The molecule has 1 saturated heterocycles. The van der Waals surface area contributed by atoms with E-state index in [4.69, 9.17) is 26.8 Å². The van der Waals surface area contributed by atoms with Crippen molar-refractivity contribution in [3.8, 4) is 11.5 Å². The Morgan fingerprint density at radius 1 is 1.04 bits per heavy atom. The fraction of sp³-hybridized carbons (Fsp3) is 0.600. The van der Waals surface area contributed by atoms with Crippen molar-refractivity contribution in [2.24, 2.45) is 7.05 Å². The highest BCUT2D eigenvalue weighted by Gasteiger charge is 2.29. The SMILES string of the molecule is COc1ccc(OCCN2CCN(Cn3nc(C4CC4)n(C)c3=S)CC2)cc1. The molecule has 0 N–H and O–H groups in total. The van der Waals surface area contributed by atoms with E-state index in [1.807, 2.05) is 36.0 Å². The van der Waals surface area contributed by atoms with E-state index in [1.165, 1.54) is 12.8 Å². The maximum Gasteiger partial charge on any atom is 0.198 e. The van der Waals surface area contributed by atoms with Gasteiger partial charge in [-0.05, 0) is 49.3 Å². The van der Waals surface area contributed by atoms with Crippen LogP contribution in [0.2, 0.25) is 0 Å². The van der Waals surface area contributed by atoms with Crippen LogP contribution in [-0.2, 0) is 13.7 Å². The molecule has 0 amide bonds. The number of ether oxygens (including phenoxy) is 2. The summed E-state index contributed by atoms with van der Waals surface area (Å²) in [6.45, 7) is 6.56. The summed E-state index contributed by atoms with van der Waals surface area (Å²) in [6, 6.07) is 7.74. The number of aromatic nitrogens is 3. The van der Waals surface area contributed by atoms with Crippen molar-refractivity contribution < 1.29 is 9.47 Å². The van der Waals surface area contributed by atoms with Crippen LogP contribution in [0.5, 0.6) is 11.5 Å². The normalized spacial score (nSPS) is 18.4. The van der Waals surface area contributed by atoms with Crippen LogP contribution in [0.1, 0.15) is 24.6 Å². The number of rotatable bonds is 8. The lowest BCUT2D eigenvalue weighted by Gasteiger charge is -2.34. The Bertz CT molecular complexity index is 835. The Hall–Kier alpha value is -1.90. The summed E-state index contributed by atoms with van der Waals surface area (Å²) in [6.07, 6.45) is 2.49. The Morgan fingerprint density at radius 2 is 1.68 bits per heavy atom. The third-order valence-corrected chi connectivity index (χ3v) is 6.04. The minimum Gasteiger partial charge on any atom is -0.497 e. The number of hydrogen-bond donors (Lipinski definition) is 0. The van der Waals surface area contributed by atoms with Gasteiger partial charge in [-0.2, -0.15) is 5.10 Å². The van der Waals surface area contributed by atoms with Crippen LogP contribution < -0.4 is 9.47 Å². The van der Waals surface area contributed by atoms with Crippen LogP contribution in [0.3, 0.4) is 0 Å². The average Bonchev–Trinajstić information content (AvgIpc) is 3.53. The Kier molecular flexibility index (Phi) is 5.99. The number of nitrogens with zero attached hydrogens (tertiary/aromatic N) is 5. The Morgan fingerprint density at radius 3 is 2.32 bits per heavy atom. The van der Waals surface area contributed by atoms with Gasteiger partial charge in [-0.3, -0.25) is 9.80 Å². The average molecular weight is 404 g/mol. The summed E-state index contributed by atoms with van der Waals surface area (Å²) in [5, 5.41) is 4.77. The molecule has 8 heteroatoms. The van der Waals surface area contributed by atoms with Gasteiger partial charge in [0.15, 0.2) is 4.77 Å². The second-order valence-electron chi connectivity index (χ2n) is 7.60. The predicted octanol–water partition coefficient (Wildman–Crippen LogP) is 2.49. The highest BCUT2D eigenvalue weighted by Crippen LogP contribution is 2.38. The second kappa shape index (κ2) is 8.63. The van der Waals surface area contributed by atoms with E-state index in [-0.39, 0.29) is 0 Å². The molecule has 4 rings (SSSR count). The molecule has 7 nitrogen and oxygen atoms in total. The number of benzene rings is 1. The van der Waals surface area contributed by atoms with Crippen LogP contribution in [0, 0.1) is 4.77 Å². The quantitative estimate of drug-likeness (QED) is 0.631. The van der Waals surface area contributed by atoms with Gasteiger partial charge in [0.05, 0.1) is 13.8 Å². The minimum atomic E-state index is 0.621. The predicted molar refractivity (Wildman–Crippen MR) is 111 cm³/mol. The molecule has 1 aliphatic carbocycles. The monoisotopic (exact) mass is 403 g/mol. The summed E-state index contributed by atoms with van der Waals surface area (Å²) >= 11 is 5.57. The second-order valence-corrected chi connectivity index (χ2v) is 7.96. The first-order chi connectivity index (χ1) is 13.6. The standard InChI is InChI=1S/C20H29N5O2S/c1-22-19(16-3-4-16)21-25(20(22)28)15-24-11-9-23(10-12-24)13-14-27-18-7-5-17(26-2)6-8-18/h5-8,16H,3-4,9-15H2,1-2H3. The summed E-state index contributed by atoms with van der Waals surface area (Å²) in [5.41, 5.74) is 0. The smallest absolute Gasteiger partial charge is 0.198 e. The molecule has 1 aromatic carbocycles. The molecule has 2 aromatic rings. The number of methoxy groups -OCH3 is 1. The van der Waals surface area contributed by atoms with Gasteiger partial charge < -0.3 is 14.0 Å². The first-order valence-electron chi connectivity index (χ1n) is 9.99. The third-order valence-electron chi connectivity index (χ3n) is 5.55. The van der Waals surface area contributed by atoms with Crippen LogP contribution in [0.15, 0.2) is 24.3 Å². The first-order valence-corrected chi connectivity index (χ1v) is 10.4. The lowest BCUT2D eigenvalue weighted by molar-refractivity contribution is 0.0919. The molecule has 1 aliphatic heterocycles. The maximum absolute atomic E-state index is 5.85. The summed E-state index contributed by atoms with van der Waals surface area (Å²) in [7, 11) is 3.71. The van der Waals surface area contributed by atoms with Gasteiger partial charge in [-0.15, -0.1) is 0 Å². The molecule has 0 unspecified atom stereocenters. The lowest BCUT2D eigenvalue weighted by Crippen LogP contribution is -2.47. The molecule has 152 valence electrons. The van der Waals surface area contributed by atoms with E-state index in [1.54, 1.807) is 7.11 Å². The fourth-order valence-electron chi connectivity index (χ4n) is 3.60. The van der Waals surface area contributed by atoms with Crippen molar-refractivity contribution in [2.45, 2.75) is 25.4 Å². The molecule has 1 saturated carbocycles. The highest BCUT2D eigenvalue weighted by atomic mass is 32.1. The molecule has 0 radical (unpaired) electrons. The van der Waals surface area contributed by atoms with Gasteiger partial charge in [-0.1, -0.05) is 0 Å².